The number of nitrogens with two attached hydrogens (primary N) is 1. The number of hydrogen-bond donors (Lipinski definition) is 2. The van der Waals surface area contributed by atoms with E-state index in [1.165, 1.54) is 32.1 Å². The van der Waals surface area contributed by atoms with Gasteiger partial charge >= 0.3 is 0 Å². The topological polar surface area (TPSA) is 50.9 Å². The summed E-state index contributed by atoms with van der Waals surface area (Å²) >= 11 is 0. The highest BCUT2D eigenvalue weighted by molar-refractivity contribution is 5.43. The summed E-state index contributed by atoms with van der Waals surface area (Å²) in [4.78, 5) is 4.26. The van der Waals surface area contributed by atoms with Crippen LogP contribution in [0.5, 0.6) is 0 Å². The van der Waals surface area contributed by atoms with Crippen molar-refractivity contribution in [1.82, 2.24) is 4.98 Å². The van der Waals surface area contributed by atoms with Gasteiger partial charge in [0, 0.05) is 6.54 Å². The van der Waals surface area contributed by atoms with Crippen LogP contribution in [0.25, 0.3) is 0 Å². The monoisotopic (exact) mass is 219 g/mol. The lowest BCUT2D eigenvalue weighted by molar-refractivity contribution is 0.233. The van der Waals surface area contributed by atoms with Gasteiger partial charge in [0.1, 0.15) is 5.82 Å². The van der Waals surface area contributed by atoms with E-state index in [1.807, 2.05) is 12.1 Å². The van der Waals surface area contributed by atoms with Crippen molar-refractivity contribution >= 4 is 11.5 Å². The van der Waals surface area contributed by atoms with Gasteiger partial charge in [-0.2, -0.15) is 0 Å². The van der Waals surface area contributed by atoms with Crippen molar-refractivity contribution in [2.24, 2.45) is 5.41 Å². The maximum Gasteiger partial charge on any atom is 0.126 e. The molecule has 88 valence electrons. The molecule has 1 aromatic heterocycles. The standard InChI is InChI=1S/C13H21N3/c1-13(7-3-2-4-8-13)10-16-12-6-5-11(14)9-15-12/h5-6,9H,2-4,7-8,10,14H2,1H3,(H,15,16). The van der Waals surface area contributed by atoms with E-state index in [9.17, 15) is 0 Å². The number of anilines is 2. The van der Waals surface area contributed by atoms with Gasteiger partial charge in [0.25, 0.3) is 0 Å². The van der Waals surface area contributed by atoms with Crippen LogP contribution in [-0.4, -0.2) is 11.5 Å². The van der Waals surface area contributed by atoms with E-state index in [4.69, 9.17) is 5.73 Å². The number of nitrogens with one attached hydrogen (secondary N) is 1. The number of pyridine rings is 1. The molecule has 1 aromatic rings. The Hall–Kier alpha value is -1.25. The lowest BCUT2D eigenvalue weighted by Crippen LogP contribution is -2.29. The molecule has 0 aromatic carbocycles. The third-order valence-corrected chi connectivity index (χ3v) is 3.54. The predicted octanol–water partition coefficient (Wildman–Crippen LogP) is 3.05. The second kappa shape index (κ2) is 4.73. The minimum atomic E-state index is 0.446. The second-order valence-corrected chi connectivity index (χ2v) is 5.20. The van der Waals surface area contributed by atoms with Gasteiger partial charge in [-0.1, -0.05) is 26.2 Å². The van der Waals surface area contributed by atoms with E-state index in [1.54, 1.807) is 6.20 Å². The molecule has 3 N–H and O–H groups in total. The number of nitrogen functional groups attached to an aromatic ring is 1. The maximum absolute atomic E-state index is 5.60. The van der Waals surface area contributed by atoms with Crippen LogP contribution in [0.15, 0.2) is 18.3 Å². The van der Waals surface area contributed by atoms with Gasteiger partial charge in [-0.3, -0.25) is 0 Å². The fraction of sp³-hybridized carbons (Fsp3) is 0.615. The summed E-state index contributed by atoms with van der Waals surface area (Å²) in [6, 6.07) is 3.83. The van der Waals surface area contributed by atoms with Crippen LogP contribution in [-0.2, 0) is 0 Å². The summed E-state index contributed by atoms with van der Waals surface area (Å²) in [6.07, 6.45) is 8.49. The van der Waals surface area contributed by atoms with E-state index >= 15 is 0 Å². The fourth-order valence-corrected chi connectivity index (χ4v) is 2.40. The van der Waals surface area contributed by atoms with Gasteiger partial charge in [-0.25, -0.2) is 4.98 Å². The van der Waals surface area contributed by atoms with Gasteiger partial charge < -0.3 is 11.1 Å². The first-order chi connectivity index (χ1) is 7.68. The van der Waals surface area contributed by atoms with Crippen LogP contribution in [0.1, 0.15) is 39.0 Å². The quantitative estimate of drug-likeness (QED) is 0.821. The Morgan fingerprint density at radius 1 is 1.31 bits per heavy atom. The van der Waals surface area contributed by atoms with Gasteiger partial charge in [0.15, 0.2) is 0 Å². The van der Waals surface area contributed by atoms with Crippen molar-refractivity contribution in [2.45, 2.75) is 39.0 Å². The molecule has 0 saturated heterocycles. The largest absolute Gasteiger partial charge is 0.397 e. The van der Waals surface area contributed by atoms with E-state index in [2.05, 4.69) is 17.2 Å². The molecule has 1 aliphatic rings. The van der Waals surface area contributed by atoms with E-state index in [0.29, 0.717) is 5.41 Å². The molecule has 1 fully saturated rings. The SMILES string of the molecule is CC1(CNc2ccc(N)cn2)CCCCC1. The molecular formula is C13H21N3. The second-order valence-electron chi connectivity index (χ2n) is 5.20. The summed E-state index contributed by atoms with van der Waals surface area (Å²) in [6.45, 7) is 3.39. The van der Waals surface area contributed by atoms with Gasteiger partial charge in [0.2, 0.25) is 0 Å². The average Bonchev–Trinajstić information content (AvgIpc) is 2.29. The molecule has 1 heterocycles. The van der Waals surface area contributed by atoms with Crippen LogP contribution in [0.4, 0.5) is 11.5 Å². The molecular weight excluding hydrogens is 198 g/mol. The lowest BCUT2D eigenvalue weighted by atomic mass is 9.76. The molecule has 16 heavy (non-hydrogen) atoms. The molecule has 0 aliphatic heterocycles. The van der Waals surface area contributed by atoms with Crippen LogP contribution in [0, 0.1) is 5.41 Å². The highest BCUT2D eigenvalue weighted by atomic mass is 15.0. The Bertz CT molecular complexity index is 326. The minimum absolute atomic E-state index is 0.446. The Morgan fingerprint density at radius 2 is 2.06 bits per heavy atom. The van der Waals surface area contributed by atoms with Crippen molar-refractivity contribution in [1.29, 1.82) is 0 Å². The summed E-state index contributed by atoms with van der Waals surface area (Å²) in [5.41, 5.74) is 6.76. The summed E-state index contributed by atoms with van der Waals surface area (Å²) in [7, 11) is 0. The number of aromatic nitrogens is 1. The molecule has 0 atom stereocenters. The van der Waals surface area contributed by atoms with E-state index in [0.717, 1.165) is 18.1 Å². The Balaban J connectivity index is 1.88. The third-order valence-electron chi connectivity index (χ3n) is 3.54. The first-order valence-corrected chi connectivity index (χ1v) is 6.13. The van der Waals surface area contributed by atoms with Gasteiger partial charge in [-0.05, 0) is 30.4 Å². The average molecular weight is 219 g/mol. The minimum Gasteiger partial charge on any atom is -0.397 e. The third kappa shape index (κ3) is 2.87. The summed E-state index contributed by atoms with van der Waals surface area (Å²) in [5, 5.41) is 3.42. The first kappa shape index (κ1) is 11.2. The maximum atomic E-state index is 5.60. The Kier molecular flexibility index (Phi) is 3.32. The summed E-state index contributed by atoms with van der Waals surface area (Å²) in [5.74, 6) is 0.931. The van der Waals surface area contributed by atoms with Crippen molar-refractivity contribution < 1.29 is 0 Å². The zero-order valence-corrected chi connectivity index (χ0v) is 10.00. The van der Waals surface area contributed by atoms with Crippen LogP contribution in [0.3, 0.4) is 0 Å². The zero-order valence-electron chi connectivity index (χ0n) is 10.00. The molecule has 0 amide bonds. The molecule has 1 aliphatic carbocycles. The van der Waals surface area contributed by atoms with Crippen molar-refractivity contribution in [2.75, 3.05) is 17.6 Å². The predicted molar refractivity (Wildman–Crippen MR) is 68.3 cm³/mol. The van der Waals surface area contributed by atoms with Crippen LogP contribution >= 0.6 is 0 Å². The lowest BCUT2D eigenvalue weighted by Gasteiger charge is -2.33. The van der Waals surface area contributed by atoms with Gasteiger partial charge in [-0.15, -0.1) is 0 Å². The molecule has 3 nitrogen and oxygen atoms in total. The number of nitrogens with zero attached hydrogens (tertiary/aromatic N) is 1. The first-order valence-electron chi connectivity index (χ1n) is 6.13. The van der Waals surface area contributed by atoms with Gasteiger partial charge in [0.05, 0.1) is 11.9 Å². The normalized spacial score (nSPS) is 19.3. The zero-order chi connectivity index (χ0) is 11.4. The summed E-state index contributed by atoms with van der Waals surface area (Å²) < 4.78 is 0. The highest BCUT2D eigenvalue weighted by Crippen LogP contribution is 2.35. The van der Waals surface area contributed by atoms with Crippen molar-refractivity contribution in [3.8, 4) is 0 Å². The van der Waals surface area contributed by atoms with Crippen molar-refractivity contribution in [3.05, 3.63) is 18.3 Å². The molecule has 0 unspecified atom stereocenters. The molecule has 1 saturated carbocycles. The Morgan fingerprint density at radius 3 is 2.69 bits per heavy atom. The smallest absolute Gasteiger partial charge is 0.126 e. The molecule has 0 bridgehead atoms. The Labute approximate surface area is 97.5 Å². The highest BCUT2D eigenvalue weighted by Gasteiger charge is 2.26. The van der Waals surface area contributed by atoms with Crippen LogP contribution in [0.2, 0.25) is 0 Å². The molecule has 3 heteroatoms. The number of hydrogen-bond acceptors (Lipinski definition) is 3. The molecule has 2 rings (SSSR count). The van der Waals surface area contributed by atoms with Crippen LogP contribution < -0.4 is 11.1 Å². The van der Waals surface area contributed by atoms with E-state index in [-0.39, 0.29) is 0 Å². The van der Waals surface area contributed by atoms with Crippen molar-refractivity contribution in [3.63, 3.8) is 0 Å². The molecule has 0 radical (unpaired) electrons. The fourth-order valence-electron chi connectivity index (χ4n) is 2.40. The number of rotatable bonds is 3. The van der Waals surface area contributed by atoms with E-state index < -0.39 is 0 Å². The molecule has 0 spiro atoms.